The van der Waals surface area contributed by atoms with E-state index in [1.54, 1.807) is 6.20 Å². The van der Waals surface area contributed by atoms with Crippen LogP contribution < -0.4 is 5.32 Å². The van der Waals surface area contributed by atoms with Gasteiger partial charge in [0.05, 0.1) is 6.54 Å². The topological polar surface area (TPSA) is 71.4 Å². The molecule has 1 atom stereocenters. The van der Waals surface area contributed by atoms with E-state index in [2.05, 4.69) is 15.5 Å². The van der Waals surface area contributed by atoms with Gasteiger partial charge in [-0.1, -0.05) is 11.2 Å². The van der Waals surface area contributed by atoms with Gasteiger partial charge in [0, 0.05) is 12.1 Å². The van der Waals surface area contributed by atoms with E-state index in [4.69, 9.17) is 0 Å². The predicted octanol–water partition coefficient (Wildman–Crippen LogP) is 2.05. The molecule has 0 aliphatic carbocycles. The second kappa shape index (κ2) is 5.03. The number of anilines is 1. The zero-order valence-corrected chi connectivity index (χ0v) is 9.77. The van der Waals surface area contributed by atoms with Gasteiger partial charge < -0.3 is 5.32 Å². The lowest BCUT2D eigenvalue weighted by Gasteiger charge is -2.09. The smallest absolute Gasteiger partial charge is 0.228 e. The molecule has 0 bridgehead atoms. The van der Waals surface area contributed by atoms with Crippen LogP contribution in [0.5, 0.6) is 0 Å². The number of aryl methyl sites for hydroxylation is 2. The van der Waals surface area contributed by atoms with Crippen LogP contribution >= 0.6 is 0 Å². The highest BCUT2D eigenvalue weighted by Gasteiger charge is 2.23. The van der Waals surface area contributed by atoms with E-state index in [0.29, 0.717) is 12.2 Å². The molecule has 0 saturated carbocycles. The lowest BCUT2D eigenvalue weighted by atomic mass is 9.97. The third kappa shape index (κ3) is 2.67. The van der Waals surface area contributed by atoms with E-state index in [0.717, 1.165) is 24.0 Å². The number of hydrogen-bond donors (Lipinski definition) is 1. The van der Waals surface area contributed by atoms with Crippen LogP contribution in [0, 0.1) is 17.7 Å². The maximum Gasteiger partial charge on any atom is 0.228 e. The zero-order valence-electron chi connectivity index (χ0n) is 9.77. The number of carbonyl (C=O) groups is 1. The average molecular weight is 233 g/mol. The Morgan fingerprint density at radius 2 is 2.41 bits per heavy atom. The van der Waals surface area contributed by atoms with Crippen LogP contribution in [-0.4, -0.2) is 17.4 Å². The number of nitrogens with zero attached hydrogens (tertiary/aromatic N) is 2. The Kier molecular flexibility index (Phi) is 3.46. The van der Waals surface area contributed by atoms with Gasteiger partial charge in [-0.25, -0.2) is 4.98 Å². The van der Waals surface area contributed by atoms with Crippen molar-refractivity contribution in [1.29, 1.82) is 0 Å². The Balaban J connectivity index is 2.16. The van der Waals surface area contributed by atoms with Gasteiger partial charge in [0.25, 0.3) is 0 Å². The summed E-state index contributed by atoms with van der Waals surface area (Å²) in [4.78, 5) is 26.2. The number of hydrogen-bond acceptors (Lipinski definition) is 4. The van der Waals surface area contributed by atoms with Crippen LogP contribution in [0.3, 0.4) is 0 Å². The predicted molar refractivity (Wildman–Crippen MR) is 64.7 cm³/mol. The number of nitrogens with one attached hydrogen (secondary N) is 1. The largest absolute Gasteiger partial charge is 0.310 e. The van der Waals surface area contributed by atoms with Crippen molar-refractivity contribution in [3.05, 3.63) is 28.3 Å². The van der Waals surface area contributed by atoms with Gasteiger partial charge in [0.15, 0.2) is 0 Å². The lowest BCUT2D eigenvalue weighted by molar-refractivity contribution is -0.120. The van der Waals surface area contributed by atoms with E-state index in [9.17, 15) is 9.70 Å². The molecule has 1 amide bonds. The molecule has 0 spiro atoms. The number of aromatic nitrogens is 1. The molecule has 1 unspecified atom stereocenters. The van der Waals surface area contributed by atoms with E-state index in [1.165, 1.54) is 0 Å². The maximum atomic E-state index is 11.9. The quantitative estimate of drug-likeness (QED) is 0.812. The first-order valence-corrected chi connectivity index (χ1v) is 5.76. The number of rotatable bonds is 3. The summed E-state index contributed by atoms with van der Waals surface area (Å²) in [6, 6.07) is 2.04. The van der Waals surface area contributed by atoms with E-state index in [1.807, 2.05) is 13.0 Å². The van der Waals surface area contributed by atoms with Crippen LogP contribution in [0.4, 0.5) is 5.82 Å². The highest BCUT2D eigenvalue weighted by atomic mass is 16.3. The summed E-state index contributed by atoms with van der Waals surface area (Å²) in [5.74, 6) is 0.466. The molecule has 0 saturated heterocycles. The molecule has 0 fully saturated rings. The molecule has 1 aromatic rings. The van der Waals surface area contributed by atoms with Crippen LogP contribution in [0.25, 0.3) is 0 Å². The maximum absolute atomic E-state index is 11.9. The molecule has 1 aliphatic rings. The first kappa shape index (κ1) is 11.7. The molecule has 5 nitrogen and oxygen atoms in total. The Labute approximate surface area is 99.6 Å². The Hall–Kier alpha value is -1.78. The number of carbonyl (C=O) groups excluding carboxylic acids is 1. The fourth-order valence-corrected chi connectivity index (χ4v) is 2.10. The standard InChI is InChI=1S/C12H15N3O2/c1-8-6-10-3-2-9(4-5-14-17)12(16)15-11(10)13-7-8/h6-7,9H,2-5H2,1H3,(H,13,15,16). The Morgan fingerprint density at radius 3 is 3.18 bits per heavy atom. The minimum absolute atomic E-state index is 0.0521. The molecule has 2 rings (SSSR count). The first-order valence-electron chi connectivity index (χ1n) is 5.76. The fourth-order valence-electron chi connectivity index (χ4n) is 2.10. The van der Waals surface area contributed by atoms with Crippen LogP contribution in [0.1, 0.15) is 24.0 Å². The zero-order chi connectivity index (χ0) is 12.3. The molecule has 1 N–H and O–H groups in total. The third-order valence-corrected chi connectivity index (χ3v) is 3.05. The number of amides is 1. The van der Waals surface area contributed by atoms with Crippen molar-refractivity contribution in [1.82, 2.24) is 4.98 Å². The van der Waals surface area contributed by atoms with Crippen LogP contribution in [0.2, 0.25) is 0 Å². The highest BCUT2D eigenvalue weighted by Crippen LogP contribution is 2.24. The summed E-state index contributed by atoms with van der Waals surface area (Å²) in [5, 5.41) is 5.63. The lowest BCUT2D eigenvalue weighted by Crippen LogP contribution is -2.22. The van der Waals surface area contributed by atoms with Crippen molar-refractivity contribution in [2.45, 2.75) is 26.2 Å². The molecule has 1 aliphatic heterocycles. The van der Waals surface area contributed by atoms with Crippen molar-refractivity contribution in [2.75, 3.05) is 11.9 Å². The normalized spacial score (nSPS) is 19.1. The Morgan fingerprint density at radius 1 is 1.59 bits per heavy atom. The molecular weight excluding hydrogens is 218 g/mol. The van der Waals surface area contributed by atoms with E-state index in [-0.39, 0.29) is 18.4 Å². The van der Waals surface area contributed by atoms with Crippen molar-refractivity contribution in [3.8, 4) is 0 Å². The van der Waals surface area contributed by atoms with Gasteiger partial charge in [-0.05, 0) is 37.3 Å². The number of pyridine rings is 1. The van der Waals surface area contributed by atoms with Gasteiger partial charge in [-0.3, -0.25) is 4.79 Å². The molecule has 17 heavy (non-hydrogen) atoms. The second-order valence-electron chi connectivity index (χ2n) is 4.39. The van der Waals surface area contributed by atoms with Gasteiger partial charge in [0.1, 0.15) is 5.82 Å². The van der Waals surface area contributed by atoms with Crippen molar-refractivity contribution in [2.24, 2.45) is 11.1 Å². The molecule has 90 valence electrons. The SMILES string of the molecule is Cc1cnc2c(c1)CCC(CCN=O)C(=O)N2. The molecular formula is C12H15N3O2. The average Bonchev–Trinajstić information content (AvgIpc) is 2.46. The highest BCUT2D eigenvalue weighted by molar-refractivity contribution is 5.93. The van der Waals surface area contributed by atoms with Crippen LogP contribution in [-0.2, 0) is 11.2 Å². The minimum Gasteiger partial charge on any atom is -0.310 e. The number of nitroso groups, excluding NO2 is 1. The molecule has 2 heterocycles. The molecule has 0 aromatic carbocycles. The summed E-state index contributed by atoms with van der Waals surface area (Å²) in [6.45, 7) is 2.18. The van der Waals surface area contributed by atoms with Crippen molar-refractivity contribution < 1.29 is 4.79 Å². The summed E-state index contributed by atoms with van der Waals surface area (Å²) in [6.07, 6.45) is 3.82. The summed E-state index contributed by atoms with van der Waals surface area (Å²) in [5.41, 5.74) is 2.16. The molecule has 1 aromatic heterocycles. The van der Waals surface area contributed by atoms with Gasteiger partial charge in [0.2, 0.25) is 5.91 Å². The van der Waals surface area contributed by atoms with Crippen molar-refractivity contribution >= 4 is 11.7 Å². The molecule has 0 radical (unpaired) electrons. The van der Waals surface area contributed by atoms with E-state index >= 15 is 0 Å². The van der Waals surface area contributed by atoms with Crippen molar-refractivity contribution in [3.63, 3.8) is 0 Å². The monoisotopic (exact) mass is 233 g/mol. The first-order chi connectivity index (χ1) is 8.20. The number of fused-ring (bicyclic) bond motifs is 1. The second-order valence-corrected chi connectivity index (χ2v) is 4.39. The summed E-state index contributed by atoms with van der Waals surface area (Å²) in [7, 11) is 0. The van der Waals surface area contributed by atoms with E-state index < -0.39 is 0 Å². The van der Waals surface area contributed by atoms with Gasteiger partial charge in [-0.2, -0.15) is 4.91 Å². The summed E-state index contributed by atoms with van der Waals surface area (Å²) >= 11 is 0. The summed E-state index contributed by atoms with van der Waals surface area (Å²) < 4.78 is 0. The van der Waals surface area contributed by atoms with Gasteiger partial charge in [-0.15, -0.1) is 0 Å². The molecule has 5 heteroatoms. The third-order valence-electron chi connectivity index (χ3n) is 3.05. The minimum atomic E-state index is -0.137. The Bertz CT molecular complexity index is 445. The van der Waals surface area contributed by atoms with Gasteiger partial charge >= 0.3 is 0 Å². The fraction of sp³-hybridized carbons (Fsp3) is 0.500. The van der Waals surface area contributed by atoms with Crippen LogP contribution in [0.15, 0.2) is 17.4 Å².